The molecular weight excluding hydrogens is 419 g/mol. The average Bonchev–Trinajstić information content (AvgIpc) is 3.41. The van der Waals surface area contributed by atoms with Crippen molar-refractivity contribution in [3.05, 3.63) is 53.7 Å². The van der Waals surface area contributed by atoms with Gasteiger partial charge in [-0.05, 0) is 47.7 Å². The van der Waals surface area contributed by atoms with Crippen molar-refractivity contribution in [1.82, 2.24) is 25.6 Å². The maximum absolute atomic E-state index is 13.1. The molecule has 0 radical (unpaired) electrons. The van der Waals surface area contributed by atoms with Crippen LogP contribution in [0.5, 0.6) is 5.75 Å². The topological polar surface area (TPSA) is 123 Å². The molecule has 2 heterocycles. The summed E-state index contributed by atoms with van der Waals surface area (Å²) in [7, 11) is -2.54. The number of sulfonamides is 1. The maximum atomic E-state index is 13.1. The number of hydrogen-bond donors (Lipinski definition) is 2. The Kier molecular flexibility index (Phi) is 4.94. The molecule has 0 atom stereocenters. The fraction of sp³-hybridized carbons (Fsp3) is 0.0588. The van der Waals surface area contributed by atoms with E-state index in [1.54, 1.807) is 12.1 Å². The number of ether oxygens (including phenoxy) is 1. The van der Waals surface area contributed by atoms with Gasteiger partial charge in [-0.2, -0.15) is 13.6 Å². The molecule has 2 N–H and O–H groups in total. The van der Waals surface area contributed by atoms with Gasteiger partial charge in [-0.15, -0.1) is 21.5 Å². The summed E-state index contributed by atoms with van der Waals surface area (Å²) in [5.74, 6) is 0.252. The van der Waals surface area contributed by atoms with Crippen LogP contribution in [-0.2, 0) is 10.0 Å². The second kappa shape index (κ2) is 7.56. The quantitative estimate of drug-likeness (QED) is 0.480. The van der Waals surface area contributed by atoms with E-state index >= 15 is 0 Å². The number of halogens is 1. The van der Waals surface area contributed by atoms with E-state index in [1.165, 1.54) is 42.8 Å². The molecule has 0 amide bonds. The predicted molar refractivity (Wildman–Crippen MR) is 104 cm³/mol. The van der Waals surface area contributed by atoms with E-state index in [4.69, 9.17) is 4.74 Å². The summed E-state index contributed by atoms with van der Waals surface area (Å²) >= 11 is 1.15. The van der Waals surface area contributed by atoms with Gasteiger partial charge in [-0.3, -0.25) is 4.72 Å². The van der Waals surface area contributed by atoms with Crippen molar-refractivity contribution in [1.29, 1.82) is 0 Å². The van der Waals surface area contributed by atoms with Crippen LogP contribution in [0.2, 0.25) is 0 Å². The van der Waals surface area contributed by atoms with E-state index in [-0.39, 0.29) is 22.3 Å². The molecular formula is C17H13FN6O3S2. The van der Waals surface area contributed by atoms with Crippen molar-refractivity contribution in [2.45, 2.75) is 5.03 Å². The molecule has 0 fully saturated rings. The van der Waals surface area contributed by atoms with Gasteiger partial charge in [0.2, 0.25) is 5.82 Å². The zero-order valence-corrected chi connectivity index (χ0v) is 16.5. The number of tetrazole rings is 1. The molecule has 4 aromatic rings. The molecule has 2 aromatic carbocycles. The molecule has 0 spiro atoms. The van der Waals surface area contributed by atoms with Crippen molar-refractivity contribution in [3.8, 4) is 27.7 Å². The normalized spacial score (nSPS) is 11.4. The lowest BCUT2D eigenvalue weighted by molar-refractivity contribution is 0.417. The van der Waals surface area contributed by atoms with Crippen LogP contribution in [-0.4, -0.2) is 41.1 Å². The number of rotatable bonds is 6. The number of hydrogen-bond acceptors (Lipinski definition) is 8. The minimum absolute atomic E-state index is 0.147. The molecule has 9 nitrogen and oxygen atoms in total. The summed E-state index contributed by atoms with van der Waals surface area (Å²) < 4.78 is 46.4. The number of anilines is 1. The lowest BCUT2D eigenvalue weighted by Gasteiger charge is -2.11. The number of aromatic amines is 1. The summed E-state index contributed by atoms with van der Waals surface area (Å²) in [5, 5.41) is 15.3. The molecule has 0 saturated carbocycles. The van der Waals surface area contributed by atoms with E-state index < -0.39 is 10.0 Å². The Labute approximate surface area is 168 Å². The van der Waals surface area contributed by atoms with E-state index in [1.807, 2.05) is 0 Å². The third-order valence-corrected chi connectivity index (χ3v) is 6.19. The van der Waals surface area contributed by atoms with Crippen LogP contribution in [0, 0.1) is 5.82 Å². The van der Waals surface area contributed by atoms with Crippen LogP contribution in [0.25, 0.3) is 22.0 Å². The number of nitrogens with one attached hydrogen (secondary N) is 2. The summed E-state index contributed by atoms with van der Waals surface area (Å²) in [6, 6.07) is 10.4. The standard InChI is InChI=1S/C17H13FN6O3S2/c1-27-14-8-11(16-20-23-24-21-16)4-7-13(14)22-29(25,26)15-9-28-17(19-15)10-2-5-12(18)6-3-10/h2-9,22H,1H3,(H,20,21,23,24). The Hall–Kier alpha value is -3.38. The smallest absolute Gasteiger partial charge is 0.280 e. The van der Waals surface area contributed by atoms with Crippen molar-refractivity contribution < 1.29 is 17.5 Å². The third kappa shape index (κ3) is 3.93. The van der Waals surface area contributed by atoms with Gasteiger partial charge in [0.1, 0.15) is 16.6 Å². The Bertz CT molecular complexity index is 1240. The number of methoxy groups -OCH3 is 1. The highest BCUT2D eigenvalue weighted by atomic mass is 32.2. The van der Waals surface area contributed by atoms with Crippen LogP contribution in [0.4, 0.5) is 10.1 Å². The molecule has 0 aliphatic rings. The highest BCUT2D eigenvalue weighted by Crippen LogP contribution is 2.32. The van der Waals surface area contributed by atoms with Gasteiger partial charge in [-0.1, -0.05) is 0 Å². The molecule has 4 rings (SSSR count). The SMILES string of the molecule is COc1cc(-c2nn[nH]n2)ccc1NS(=O)(=O)c1csc(-c2ccc(F)cc2)n1. The van der Waals surface area contributed by atoms with Gasteiger partial charge in [0, 0.05) is 16.5 Å². The fourth-order valence-electron chi connectivity index (χ4n) is 2.50. The average molecular weight is 432 g/mol. The highest BCUT2D eigenvalue weighted by molar-refractivity contribution is 7.92. The minimum atomic E-state index is -3.96. The van der Waals surface area contributed by atoms with E-state index in [0.29, 0.717) is 22.0 Å². The monoisotopic (exact) mass is 432 g/mol. The van der Waals surface area contributed by atoms with Crippen molar-refractivity contribution in [2.75, 3.05) is 11.8 Å². The number of H-pyrrole nitrogens is 1. The first-order valence-electron chi connectivity index (χ1n) is 8.12. The second-order valence-corrected chi connectivity index (χ2v) is 8.24. The first-order chi connectivity index (χ1) is 14.0. The largest absolute Gasteiger partial charge is 0.495 e. The highest BCUT2D eigenvalue weighted by Gasteiger charge is 2.21. The summed E-state index contributed by atoms with van der Waals surface area (Å²) in [5.41, 5.74) is 1.46. The van der Waals surface area contributed by atoms with Gasteiger partial charge in [0.25, 0.3) is 10.0 Å². The Morgan fingerprint density at radius 2 is 1.90 bits per heavy atom. The van der Waals surface area contributed by atoms with E-state index in [2.05, 4.69) is 30.3 Å². The Morgan fingerprint density at radius 3 is 2.59 bits per heavy atom. The molecule has 0 aliphatic heterocycles. The zero-order valence-electron chi connectivity index (χ0n) is 14.8. The number of nitrogens with zero attached hydrogens (tertiary/aromatic N) is 4. The molecule has 0 saturated heterocycles. The van der Waals surface area contributed by atoms with Crippen LogP contribution >= 0.6 is 11.3 Å². The molecule has 0 bridgehead atoms. The summed E-state index contributed by atoms with van der Waals surface area (Å²) in [6.07, 6.45) is 0. The molecule has 148 valence electrons. The molecule has 0 aliphatic carbocycles. The molecule has 29 heavy (non-hydrogen) atoms. The number of thiazole rings is 1. The maximum Gasteiger partial charge on any atom is 0.280 e. The molecule has 0 unspecified atom stereocenters. The van der Waals surface area contributed by atoms with Crippen LogP contribution in [0.1, 0.15) is 0 Å². The fourth-order valence-corrected chi connectivity index (χ4v) is 4.67. The van der Waals surface area contributed by atoms with Gasteiger partial charge in [-0.25, -0.2) is 9.37 Å². The van der Waals surface area contributed by atoms with Crippen LogP contribution < -0.4 is 9.46 Å². The Balaban J connectivity index is 1.61. The van der Waals surface area contributed by atoms with Crippen molar-refractivity contribution in [3.63, 3.8) is 0 Å². The first kappa shape index (κ1) is 19.0. The second-order valence-electron chi connectivity index (χ2n) is 5.75. The molecule has 12 heteroatoms. The number of benzene rings is 2. The van der Waals surface area contributed by atoms with Crippen molar-refractivity contribution in [2.24, 2.45) is 0 Å². The summed E-state index contributed by atoms with van der Waals surface area (Å²) in [6.45, 7) is 0. The van der Waals surface area contributed by atoms with Gasteiger partial charge >= 0.3 is 0 Å². The third-order valence-electron chi connectivity index (χ3n) is 3.90. The number of aromatic nitrogens is 5. The minimum Gasteiger partial charge on any atom is -0.495 e. The zero-order chi connectivity index (χ0) is 20.4. The van der Waals surface area contributed by atoms with Crippen LogP contribution in [0.15, 0.2) is 52.9 Å². The van der Waals surface area contributed by atoms with Crippen LogP contribution in [0.3, 0.4) is 0 Å². The molecule has 2 aromatic heterocycles. The lowest BCUT2D eigenvalue weighted by Crippen LogP contribution is -2.14. The first-order valence-corrected chi connectivity index (χ1v) is 10.5. The van der Waals surface area contributed by atoms with Crippen molar-refractivity contribution >= 4 is 27.0 Å². The lowest BCUT2D eigenvalue weighted by atomic mass is 10.2. The van der Waals surface area contributed by atoms with E-state index in [9.17, 15) is 12.8 Å². The van der Waals surface area contributed by atoms with Gasteiger partial charge < -0.3 is 4.74 Å². The van der Waals surface area contributed by atoms with Gasteiger partial charge in [0.05, 0.1) is 12.8 Å². The predicted octanol–water partition coefficient (Wildman–Crippen LogP) is 2.94. The van der Waals surface area contributed by atoms with E-state index in [0.717, 1.165) is 11.3 Å². The Morgan fingerprint density at radius 1 is 1.14 bits per heavy atom. The summed E-state index contributed by atoms with van der Waals surface area (Å²) in [4.78, 5) is 4.16. The van der Waals surface area contributed by atoms with Gasteiger partial charge in [0.15, 0.2) is 5.03 Å².